The van der Waals surface area contributed by atoms with E-state index in [9.17, 15) is 35.1 Å². The molecule has 0 aromatic heterocycles. The largest absolute Gasteiger partial charge is 0.454 e. The van der Waals surface area contributed by atoms with Crippen molar-refractivity contribution >= 4 is 11.9 Å². The van der Waals surface area contributed by atoms with Crippen LogP contribution in [-0.2, 0) is 23.8 Å². The van der Waals surface area contributed by atoms with Crippen molar-refractivity contribution in [2.45, 2.75) is 307 Å². The quantitative estimate of drug-likeness (QED) is 0.0195. The summed E-state index contributed by atoms with van der Waals surface area (Å²) in [5.74, 6) is -1.27. The van der Waals surface area contributed by atoms with E-state index < -0.39 is 67.4 Å². The van der Waals surface area contributed by atoms with E-state index in [4.69, 9.17) is 14.2 Å². The molecule has 8 atom stereocenters. The van der Waals surface area contributed by atoms with Gasteiger partial charge in [-0.25, -0.2) is 0 Å². The standard InChI is InChI=1S/C62H111NO10/c1-4-7-10-13-16-19-22-25-26-27-28-29-30-32-35-38-41-44-47-50-57(67)73-60-59(69)58(68)56(51-64)72-62(60)71-52-53(54(65)48-45-42-39-36-34-31-23-20-17-14-11-8-5-2)63-61(70)55(66)49-46-43-40-37-33-24-21-18-15-12-9-6-3/h16,19,25-26,33,37,43,45-46,48,53-56,58-60,62,64-66,68-69H,4-15,17-18,20-24,27-32,34-36,38-42,44,47,49-52H2,1-3H3,(H,63,70)/b19-16-,26-25-,37-33-,46-43+,48-45+. The second-order valence-corrected chi connectivity index (χ2v) is 20.7. The van der Waals surface area contributed by atoms with Gasteiger partial charge in [0, 0.05) is 12.8 Å². The average Bonchev–Trinajstić information content (AvgIpc) is 3.39. The zero-order chi connectivity index (χ0) is 53.3. The van der Waals surface area contributed by atoms with E-state index in [1.54, 1.807) is 12.2 Å². The van der Waals surface area contributed by atoms with Crippen molar-refractivity contribution in [1.82, 2.24) is 5.32 Å². The summed E-state index contributed by atoms with van der Waals surface area (Å²) in [5.41, 5.74) is 0. The Labute approximate surface area is 446 Å². The van der Waals surface area contributed by atoms with Crippen LogP contribution in [0.2, 0.25) is 0 Å². The lowest BCUT2D eigenvalue weighted by atomic mass is 9.99. The van der Waals surface area contributed by atoms with Crippen LogP contribution < -0.4 is 5.32 Å². The second kappa shape index (κ2) is 50.2. The first kappa shape index (κ1) is 68.4. The maximum absolute atomic E-state index is 13.3. The number of amides is 1. The minimum atomic E-state index is -1.62. The lowest BCUT2D eigenvalue weighted by Gasteiger charge is -2.41. The van der Waals surface area contributed by atoms with Gasteiger partial charge in [-0.15, -0.1) is 0 Å². The van der Waals surface area contributed by atoms with Gasteiger partial charge in [-0.05, 0) is 70.6 Å². The molecule has 1 fully saturated rings. The van der Waals surface area contributed by atoms with Gasteiger partial charge in [0.25, 0.3) is 0 Å². The summed E-state index contributed by atoms with van der Waals surface area (Å²) < 4.78 is 17.6. The fourth-order valence-electron chi connectivity index (χ4n) is 9.08. The molecule has 1 aliphatic rings. The molecular formula is C62H111NO10. The van der Waals surface area contributed by atoms with E-state index in [1.165, 1.54) is 148 Å². The highest BCUT2D eigenvalue weighted by Crippen LogP contribution is 2.26. The topological polar surface area (TPSA) is 175 Å². The Bertz CT molecular complexity index is 1420. The van der Waals surface area contributed by atoms with Crippen LogP contribution in [0.15, 0.2) is 60.8 Å². The minimum absolute atomic E-state index is 0.0811. The molecule has 0 aromatic carbocycles. The molecule has 0 aromatic rings. The third kappa shape index (κ3) is 38.5. The molecule has 424 valence electrons. The van der Waals surface area contributed by atoms with Gasteiger partial charge in [-0.1, -0.05) is 236 Å². The molecule has 0 bridgehead atoms. The number of aliphatic hydroxyl groups is 5. The van der Waals surface area contributed by atoms with E-state index in [0.29, 0.717) is 12.8 Å². The van der Waals surface area contributed by atoms with Crippen molar-refractivity contribution in [3.8, 4) is 0 Å². The summed E-state index contributed by atoms with van der Waals surface area (Å²) in [6.07, 6.45) is 51.4. The van der Waals surface area contributed by atoms with Crippen molar-refractivity contribution in [2.24, 2.45) is 0 Å². The van der Waals surface area contributed by atoms with Gasteiger partial charge in [-0.2, -0.15) is 0 Å². The molecule has 0 radical (unpaired) electrons. The highest BCUT2D eigenvalue weighted by Gasteiger charge is 2.47. The second-order valence-electron chi connectivity index (χ2n) is 20.7. The highest BCUT2D eigenvalue weighted by atomic mass is 16.7. The van der Waals surface area contributed by atoms with Crippen molar-refractivity contribution in [2.75, 3.05) is 13.2 Å². The van der Waals surface area contributed by atoms with Crippen LogP contribution in [0, 0.1) is 0 Å². The number of hydrogen-bond acceptors (Lipinski definition) is 10. The monoisotopic (exact) mass is 1030 g/mol. The van der Waals surface area contributed by atoms with Gasteiger partial charge in [0.15, 0.2) is 12.4 Å². The molecule has 8 unspecified atom stereocenters. The molecule has 1 saturated heterocycles. The number of esters is 1. The smallest absolute Gasteiger partial charge is 0.306 e. The maximum atomic E-state index is 13.3. The number of rotatable bonds is 50. The van der Waals surface area contributed by atoms with E-state index in [2.05, 4.69) is 62.5 Å². The predicted octanol–water partition coefficient (Wildman–Crippen LogP) is 13.8. The van der Waals surface area contributed by atoms with Crippen LogP contribution in [0.25, 0.3) is 0 Å². The van der Waals surface area contributed by atoms with Crippen molar-refractivity contribution < 1.29 is 49.3 Å². The van der Waals surface area contributed by atoms with Crippen molar-refractivity contribution in [1.29, 1.82) is 0 Å². The Morgan fingerprint density at radius 1 is 0.534 bits per heavy atom. The first-order valence-electron chi connectivity index (χ1n) is 30.1. The Balaban J connectivity index is 2.72. The molecule has 11 nitrogen and oxygen atoms in total. The zero-order valence-electron chi connectivity index (χ0n) is 46.7. The molecule has 1 heterocycles. The van der Waals surface area contributed by atoms with Crippen molar-refractivity contribution in [3.63, 3.8) is 0 Å². The number of hydrogen-bond donors (Lipinski definition) is 6. The lowest BCUT2D eigenvalue weighted by molar-refractivity contribution is -0.305. The summed E-state index contributed by atoms with van der Waals surface area (Å²) in [7, 11) is 0. The number of allylic oxidation sites excluding steroid dienone is 8. The first-order chi connectivity index (χ1) is 35.7. The van der Waals surface area contributed by atoms with Crippen LogP contribution in [0.5, 0.6) is 0 Å². The molecule has 1 rings (SSSR count). The molecule has 11 heteroatoms. The van der Waals surface area contributed by atoms with Crippen LogP contribution in [-0.4, -0.2) is 99.6 Å². The SMILES string of the molecule is CCCCC/C=C\C/C=C\CCCCCCCCCCCC(=O)OC1C(OCC(NC(=O)C(O)C/C=C/C/C=C\CCCCCCCC)C(O)/C=C/CCCCCCCCCCCCC)OC(CO)C(O)C1O. The molecule has 0 aliphatic carbocycles. The maximum Gasteiger partial charge on any atom is 0.306 e. The van der Waals surface area contributed by atoms with Gasteiger partial charge >= 0.3 is 5.97 Å². The number of carbonyl (C=O) groups is 2. The number of ether oxygens (including phenoxy) is 3. The molecule has 73 heavy (non-hydrogen) atoms. The molecule has 1 aliphatic heterocycles. The number of unbranched alkanes of at least 4 members (excludes halogenated alkanes) is 29. The third-order valence-electron chi connectivity index (χ3n) is 13.9. The zero-order valence-corrected chi connectivity index (χ0v) is 46.7. The fraction of sp³-hybridized carbons (Fsp3) is 0.806. The van der Waals surface area contributed by atoms with E-state index in [-0.39, 0.29) is 19.4 Å². The van der Waals surface area contributed by atoms with Crippen molar-refractivity contribution in [3.05, 3.63) is 60.8 Å². The summed E-state index contributed by atoms with van der Waals surface area (Å²) in [6, 6.07) is -1.05. The molecule has 0 saturated carbocycles. The molecular weight excluding hydrogens is 919 g/mol. The number of carbonyl (C=O) groups excluding carboxylic acids is 2. The van der Waals surface area contributed by atoms with Gasteiger partial charge in [0.2, 0.25) is 5.91 Å². The van der Waals surface area contributed by atoms with Gasteiger partial charge in [0.1, 0.15) is 24.4 Å². The predicted molar refractivity (Wildman–Crippen MR) is 301 cm³/mol. The van der Waals surface area contributed by atoms with Crippen LogP contribution in [0.3, 0.4) is 0 Å². The lowest BCUT2D eigenvalue weighted by Crippen LogP contribution is -2.61. The summed E-state index contributed by atoms with van der Waals surface area (Å²) >= 11 is 0. The summed E-state index contributed by atoms with van der Waals surface area (Å²) in [6.45, 7) is 5.71. The van der Waals surface area contributed by atoms with E-state index >= 15 is 0 Å². The molecule has 0 spiro atoms. The highest BCUT2D eigenvalue weighted by molar-refractivity contribution is 5.81. The Morgan fingerprint density at radius 3 is 1.42 bits per heavy atom. The number of aliphatic hydroxyl groups excluding tert-OH is 5. The first-order valence-corrected chi connectivity index (χ1v) is 30.1. The normalized spacial score (nSPS) is 19.8. The van der Waals surface area contributed by atoms with E-state index in [1.807, 2.05) is 12.2 Å². The van der Waals surface area contributed by atoms with E-state index in [0.717, 1.165) is 64.2 Å². The van der Waals surface area contributed by atoms with Crippen LogP contribution in [0.1, 0.15) is 258 Å². The van der Waals surface area contributed by atoms with Crippen LogP contribution in [0.4, 0.5) is 0 Å². The Morgan fingerprint density at radius 2 is 0.945 bits per heavy atom. The van der Waals surface area contributed by atoms with Gasteiger partial charge < -0.3 is 45.1 Å². The molecule has 1 amide bonds. The molecule has 6 N–H and O–H groups in total. The average molecular weight is 1030 g/mol. The minimum Gasteiger partial charge on any atom is -0.454 e. The third-order valence-corrected chi connectivity index (χ3v) is 13.9. The number of nitrogens with one attached hydrogen (secondary N) is 1. The fourth-order valence-corrected chi connectivity index (χ4v) is 9.08. The Kier molecular flexibility index (Phi) is 47.0. The summed E-state index contributed by atoms with van der Waals surface area (Å²) in [4.78, 5) is 26.4. The van der Waals surface area contributed by atoms with Gasteiger partial charge in [0.05, 0.1) is 25.4 Å². The Hall–Kier alpha value is -2.64. The van der Waals surface area contributed by atoms with Crippen LogP contribution >= 0.6 is 0 Å². The summed E-state index contributed by atoms with van der Waals surface area (Å²) in [5, 5.41) is 56.7. The van der Waals surface area contributed by atoms with Gasteiger partial charge in [-0.3, -0.25) is 9.59 Å².